The quantitative estimate of drug-likeness (QED) is 0.123. The number of imide groups is 1. The minimum absolute atomic E-state index is 0.100. The zero-order valence-corrected chi connectivity index (χ0v) is 31.7. The van der Waals surface area contributed by atoms with Gasteiger partial charge in [-0.05, 0) is 88.6 Å². The van der Waals surface area contributed by atoms with Crippen molar-refractivity contribution >= 4 is 43.7 Å². The summed E-state index contributed by atoms with van der Waals surface area (Å²) in [5, 5.41) is 23.1. The molecule has 2 N–H and O–H groups in total. The molecule has 3 aromatic rings. The van der Waals surface area contributed by atoms with Crippen LogP contribution in [0.2, 0.25) is 11.4 Å². The van der Waals surface area contributed by atoms with Crippen molar-refractivity contribution in [3.8, 4) is 5.75 Å². The van der Waals surface area contributed by atoms with Crippen molar-refractivity contribution in [1.82, 2.24) is 4.90 Å². The monoisotopic (exact) mass is 705 g/mol. The second-order valence-corrected chi connectivity index (χ2v) is 19.7. The van der Waals surface area contributed by atoms with Crippen LogP contribution < -0.4 is 10.4 Å². The van der Waals surface area contributed by atoms with Crippen LogP contribution in [-0.2, 0) is 18.7 Å². The van der Waals surface area contributed by atoms with E-state index in [1.165, 1.54) is 20.8 Å². The first kappa shape index (κ1) is 37.0. The second kappa shape index (κ2) is 15.5. The maximum Gasteiger partial charge on any atom is 0.455 e. The summed E-state index contributed by atoms with van der Waals surface area (Å²) in [6.07, 6.45) is 5.35. The van der Waals surface area contributed by atoms with Gasteiger partial charge in [-0.3, -0.25) is 14.5 Å². The Labute approximate surface area is 304 Å². The van der Waals surface area contributed by atoms with Gasteiger partial charge in [0.25, 0.3) is 8.32 Å². The molecule has 3 aliphatic rings. The normalized spacial score (nSPS) is 22.7. The van der Waals surface area contributed by atoms with Crippen molar-refractivity contribution in [2.75, 3.05) is 13.2 Å². The van der Waals surface area contributed by atoms with E-state index in [1.807, 2.05) is 31.2 Å². The van der Waals surface area contributed by atoms with Gasteiger partial charge in [0.15, 0.2) is 0 Å². The molecule has 268 valence electrons. The third kappa shape index (κ3) is 7.31. The summed E-state index contributed by atoms with van der Waals surface area (Å²) >= 11 is 0. The number of carbonyl (C=O) groups excluding carboxylic acids is 2. The first-order valence-electron chi connectivity index (χ1n) is 18.6. The molecular weight excluding hydrogens is 653 g/mol. The lowest BCUT2D eigenvalue weighted by atomic mass is 9.58. The fourth-order valence-corrected chi connectivity index (χ4v) is 13.4. The summed E-state index contributed by atoms with van der Waals surface area (Å²) in [6.45, 7) is 11.6. The van der Waals surface area contributed by atoms with Crippen LogP contribution >= 0.6 is 0 Å². The summed E-state index contributed by atoms with van der Waals surface area (Å²) in [7, 11) is -3.95. The zero-order valence-electron chi connectivity index (χ0n) is 30.7. The van der Waals surface area contributed by atoms with Crippen molar-refractivity contribution in [2.45, 2.75) is 84.2 Å². The third-order valence-corrected chi connectivity index (χ3v) is 16.2. The van der Waals surface area contributed by atoms with Crippen molar-refractivity contribution < 1.29 is 28.8 Å². The Morgan fingerprint density at radius 3 is 2.14 bits per heavy atom. The molecule has 0 unspecified atom stereocenters. The molecule has 0 bridgehead atoms. The zero-order chi connectivity index (χ0) is 36.3. The number of phenolic OH excluding ortho intramolecular Hbond substituents is 1. The fourth-order valence-electron chi connectivity index (χ4n) is 8.84. The standard InChI is InChI=1S/C42H52BNO6Si/c1-6-24-44-40(46)35-26-31(28-49-51(42(3,4)5,33-14-10-8-11-15-33)34-16-12-9-13-17-34)38-36(39(35)41(44)47)27-43(48)50-37(38)23-20-29(7-2)25-30-18-21-32(45)22-19-30/h8-19,21-22,25,35-37,39,45,48H,6-7,20,23-24,26-28H2,1-5H3/b29-25+/t35-,36+,37-,39-/m1/s1. The highest BCUT2D eigenvalue weighted by molar-refractivity contribution is 6.99. The van der Waals surface area contributed by atoms with Crippen LogP contribution in [0.15, 0.2) is 102 Å². The Kier molecular flexibility index (Phi) is 11.2. The molecule has 2 fully saturated rings. The molecule has 3 aromatic carbocycles. The van der Waals surface area contributed by atoms with Gasteiger partial charge in [-0.15, -0.1) is 0 Å². The largest absolute Gasteiger partial charge is 0.508 e. The molecule has 2 amide bonds. The average molecular weight is 706 g/mol. The molecule has 4 atom stereocenters. The molecule has 9 heteroatoms. The van der Waals surface area contributed by atoms with E-state index in [4.69, 9.17) is 9.08 Å². The Balaban J connectivity index is 1.42. The van der Waals surface area contributed by atoms with E-state index in [-0.39, 0.29) is 34.8 Å². The number of likely N-dealkylation sites (tertiary alicyclic amines) is 1. The van der Waals surface area contributed by atoms with Crippen LogP contribution in [0.4, 0.5) is 0 Å². The fraction of sp³-hybridized carbons (Fsp3) is 0.429. The van der Waals surface area contributed by atoms with Crippen molar-refractivity contribution in [3.05, 3.63) is 107 Å². The highest BCUT2D eigenvalue weighted by Gasteiger charge is 2.58. The molecule has 2 heterocycles. The first-order valence-corrected chi connectivity index (χ1v) is 20.5. The minimum atomic E-state index is -2.92. The molecule has 0 saturated carbocycles. The Bertz CT molecular complexity index is 1710. The van der Waals surface area contributed by atoms with E-state index in [9.17, 15) is 19.7 Å². The van der Waals surface area contributed by atoms with Crippen molar-refractivity contribution in [2.24, 2.45) is 17.8 Å². The van der Waals surface area contributed by atoms with E-state index in [2.05, 4.69) is 82.3 Å². The average Bonchev–Trinajstić information content (AvgIpc) is 3.36. The van der Waals surface area contributed by atoms with Gasteiger partial charge in [0, 0.05) is 6.54 Å². The predicted molar refractivity (Wildman–Crippen MR) is 206 cm³/mol. The number of hydrogen-bond donors (Lipinski definition) is 2. The SMILES string of the molecule is CCCN1C(=O)[C@@H]2[C@@H](CC(CO[Si](c3ccccc3)(c3ccccc3)C(C)(C)C)=C3[C@@H](CC/C(=C/c4ccc(O)cc4)CC)OB(O)C[C@@H]32)C1=O. The second-order valence-electron chi connectivity index (χ2n) is 15.4. The number of hydrogen-bond acceptors (Lipinski definition) is 6. The van der Waals surface area contributed by atoms with Gasteiger partial charge in [0.2, 0.25) is 11.8 Å². The van der Waals surface area contributed by atoms with Gasteiger partial charge in [-0.25, -0.2) is 0 Å². The summed E-state index contributed by atoms with van der Waals surface area (Å²) in [5.41, 5.74) is 4.31. The number of allylic oxidation sites excluding steroid dienone is 1. The third-order valence-electron chi connectivity index (χ3n) is 11.2. The van der Waals surface area contributed by atoms with Gasteiger partial charge >= 0.3 is 7.12 Å². The number of fused-ring (bicyclic) bond motifs is 3. The maximum absolute atomic E-state index is 14.0. The molecule has 1 aliphatic carbocycles. The van der Waals surface area contributed by atoms with Crippen LogP contribution in [0.1, 0.15) is 72.3 Å². The smallest absolute Gasteiger partial charge is 0.455 e. The molecular formula is C42H52BNO6Si. The van der Waals surface area contributed by atoms with E-state index in [0.717, 1.165) is 29.6 Å². The lowest BCUT2D eigenvalue weighted by Gasteiger charge is -2.46. The highest BCUT2D eigenvalue weighted by Crippen LogP contribution is 2.51. The van der Waals surface area contributed by atoms with E-state index in [0.29, 0.717) is 32.4 Å². The molecule has 2 aliphatic heterocycles. The molecule has 2 saturated heterocycles. The number of amides is 2. The summed E-state index contributed by atoms with van der Waals surface area (Å²) in [4.78, 5) is 29.4. The number of nitrogens with zero attached hydrogens (tertiary/aromatic N) is 1. The first-order chi connectivity index (χ1) is 24.5. The molecule has 0 radical (unpaired) electrons. The predicted octanol–water partition coefficient (Wildman–Crippen LogP) is 6.75. The van der Waals surface area contributed by atoms with E-state index >= 15 is 0 Å². The lowest BCUT2D eigenvalue weighted by Crippen LogP contribution is -2.66. The van der Waals surface area contributed by atoms with Gasteiger partial charge in [-0.1, -0.05) is 119 Å². The minimum Gasteiger partial charge on any atom is -0.508 e. The molecule has 6 rings (SSSR count). The number of phenols is 1. The molecule has 51 heavy (non-hydrogen) atoms. The molecule has 7 nitrogen and oxygen atoms in total. The maximum atomic E-state index is 14.0. The van der Waals surface area contributed by atoms with Crippen molar-refractivity contribution in [1.29, 1.82) is 0 Å². The van der Waals surface area contributed by atoms with Crippen LogP contribution in [0.5, 0.6) is 5.75 Å². The van der Waals surface area contributed by atoms with Crippen LogP contribution in [0.25, 0.3) is 6.08 Å². The Morgan fingerprint density at radius 1 is 0.941 bits per heavy atom. The summed E-state index contributed by atoms with van der Waals surface area (Å²) in [6, 6.07) is 28.3. The molecule has 0 spiro atoms. The number of carbonyl (C=O) groups is 2. The topological polar surface area (TPSA) is 96.3 Å². The van der Waals surface area contributed by atoms with Crippen molar-refractivity contribution in [3.63, 3.8) is 0 Å². The number of rotatable bonds is 12. The van der Waals surface area contributed by atoms with Crippen LogP contribution in [0.3, 0.4) is 0 Å². The van der Waals surface area contributed by atoms with E-state index in [1.54, 1.807) is 12.1 Å². The van der Waals surface area contributed by atoms with Gasteiger partial charge < -0.3 is 19.2 Å². The van der Waals surface area contributed by atoms with Gasteiger partial charge in [0.1, 0.15) is 5.75 Å². The summed E-state index contributed by atoms with van der Waals surface area (Å²) < 4.78 is 13.9. The number of aromatic hydroxyl groups is 1. The lowest BCUT2D eigenvalue weighted by molar-refractivity contribution is -0.140. The Hall–Kier alpha value is -3.76. The highest BCUT2D eigenvalue weighted by atomic mass is 28.4. The van der Waals surface area contributed by atoms with Gasteiger partial charge in [-0.2, -0.15) is 0 Å². The van der Waals surface area contributed by atoms with Crippen LogP contribution in [-0.4, -0.2) is 61.5 Å². The number of benzene rings is 3. The van der Waals surface area contributed by atoms with Crippen LogP contribution in [0, 0.1) is 17.8 Å². The molecule has 0 aromatic heterocycles. The van der Waals surface area contributed by atoms with E-state index < -0.39 is 33.4 Å². The summed E-state index contributed by atoms with van der Waals surface area (Å²) in [5.74, 6) is -1.27. The Morgan fingerprint density at radius 2 is 1.57 bits per heavy atom. The van der Waals surface area contributed by atoms with Gasteiger partial charge in [0.05, 0.1) is 24.5 Å².